The third-order valence-electron chi connectivity index (χ3n) is 2.31. The van der Waals surface area contributed by atoms with Gasteiger partial charge in [0, 0.05) is 16.2 Å². The van der Waals surface area contributed by atoms with Crippen LogP contribution in [-0.4, -0.2) is 12.0 Å². The van der Waals surface area contributed by atoms with Crippen molar-refractivity contribution in [1.29, 1.82) is 0 Å². The number of hydrogen-bond acceptors (Lipinski definition) is 2. The fourth-order valence-corrected chi connectivity index (χ4v) is 2.47. The maximum absolute atomic E-state index is 10.5. The van der Waals surface area contributed by atoms with Gasteiger partial charge in [-0.1, -0.05) is 37.9 Å². The predicted octanol–water partition coefficient (Wildman–Crippen LogP) is 4.29. The SMILES string of the molecule is CCC(C)CSc1ccc(C=O)cc1Cl. The van der Waals surface area contributed by atoms with Gasteiger partial charge in [-0.05, 0) is 18.1 Å². The highest BCUT2D eigenvalue weighted by Gasteiger charge is 2.05. The van der Waals surface area contributed by atoms with Crippen LogP contribution in [0.3, 0.4) is 0 Å². The fraction of sp³-hybridized carbons (Fsp3) is 0.417. The van der Waals surface area contributed by atoms with E-state index in [0.29, 0.717) is 16.5 Å². The second-order valence-corrected chi connectivity index (χ2v) is 5.10. The molecule has 82 valence electrons. The molecule has 0 N–H and O–H groups in total. The number of thioether (sulfide) groups is 1. The molecule has 0 aromatic heterocycles. The van der Waals surface area contributed by atoms with Gasteiger partial charge in [-0.15, -0.1) is 11.8 Å². The molecule has 0 heterocycles. The van der Waals surface area contributed by atoms with E-state index in [-0.39, 0.29) is 0 Å². The molecule has 0 saturated heterocycles. The summed E-state index contributed by atoms with van der Waals surface area (Å²) in [5.74, 6) is 1.76. The summed E-state index contributed by atoms with van der Waals surface area (Å²) in [7, 11) is 0. The van der Waals surface area contributed by atoms with Crippen molar-refractivity contribution in [1.82, 2.24) is 0 Å². The molecule has 1 unspecified atom stereocenters. The Kier molecular flexibility index (Phi) is 5.20. The zero-order valence-electron chi connectivity index (χ0n) is 9.00. The molecule has 1 aromatic rings. The third-order valence-corrected chi connectivity index (χ3v) is 4.14. The summed E-state index contributed by atoms with van der Waals surface area (Å²) in [4.78, 5) is 11.6. The van der Waals surface area contributed by atoms with Crippen LogP contribution < -0.4 is 0 Å². The number of carbonyl (C=O) groups excluding carboxylic acids is 1. The van der Waals surface area contributed by atoms with E-state index in [1.807, 2.05) is 6.07 Å². The Labute approximate surface area is 100 Å². The lowest BCUT2D eigenvalue weighted by Crippen LogP contribution is -1.95. The molecule has 1 aromatic carbocycles. The summed E-state index contributed by atoms with van der Waals surface area (Å²) in [6.45, 7) is 4.41. The summed E-state index contributed by atoms with van der Waals surface area (Å²) >= 11 is 7.81. The Balaban J connectivity index is 2.65. The van der Waals surface area contributed by atoms with E-state index in [0.717, 1.165) is 16.9 Å². The van der Waals surface area contributed by atoms with E-state index in [9.17, 15) is 4.79 Å². The highest BCUT2D eigenvalue weighted by Crippen LogP contribution is 2.29. The Morgan fingerprint density at radius 1 is 1.53 bits per heavy atom. The van der Waals surface area contributed by atoms with Crippen LogP contribution in [0.25, 0.3) is 0 Å². The van der Waals surface area contributed by atoms with Gasteiger partial charge < -0.3 is 0 Å². The molecular weight excluding hydrogens is 228 g/mol. The molecule has 3 heteroatoms. The van der Waals surface area contributed by atoms with Gasteiger partial charge in [-0.3, -0.25) is 4.79 Å². The zero-order chi connectivity index (χ0) is 11.3. The van der Waals surface area contributed by atoms with E-state index in [1.54, 1.807) is 23.9 Å². The van der Waals surface area contributed by atoms with Crippen LogP contribution in [0.4, 0.5) is 0 Å². The van der Waals surface area contributed by atoms with Crippen LogP contribution >= 0.6 is 23.4 Å². The molecule has 0 amide bonds. The standard InChI is InChI=1S/C12H15ClOS/c1-3-9(2)8-15-12-5-4-10(7-14)6-11(12)13/h4-7,9H,3,8H2,1-2H3. The number of rotatable bonds is 5. The summed E-state index contributed by atoms with van der Waals surface area (Å²) in [5.41, 5.74) is 0.632. The molecule has 0 fully saturated rings. The maximum atomic E-state index is 10.5. The maximum Gasteiger partial charge on any atom is 0.150 e. The van der Waals surface area contributed by atoms with Crippen LogP contribution in [0.5, 0.6) is 0 Å². The van der Waals surface area contributed by atoms with Crippen molar-refractivity contribution in [3.8, 4) is 0 Å². The van der Waals surface area contributed by atoms with E-state index in [2.05, 4.69) is 13.8 Å². The van der Waals surface area contributed by atoms with E-state index in [4.69, 9.17) is 11.6 Å². The minimum Gasteiger partial charge on any atom is -0.298 e. The number of hydrogen-bond donors (Lipinski definition) is 0. The van der Waals surface area contributed by atoms with Crippen LogP contribution in [0, 0.1) is 5.92 Å². The molecule has 0 aliphatic heterocycles. The van der Waals surface area contributed by atoms with E-state index in [1.165, 1.54) is 6.42 Å². The molecule has 0 spiro atoms. The first-order valence-corrected chi connectivity index (χ1v) is 6.41. The van der Waals surface area contributed by atoms with E-state index < -0.39 is 0 Å². The molecule has 0 radical (unpaired) electrons. The van der Waals surface area contributed by atoms with Gasteiger partial charge in [0.25, 0.3) is 0 Å². The summed E-state index contributed by atoms with van der Waals surface area (Å²) in [6, 6.07) is 5.43. The Morgan fingerprint density at radius 2 is 2.27 bits per heavy atom. The van der Waals surface area contributed by atoms with Gasteiger partial charge in [-0.2, -0.15) is 0 Å². The molecule has 0 bridgehead atoms. The Bertz CT molecular complexity index is 338. The van der Waals surface area contributed by atoms with Crippen molar-refractivity contribution in [3.63, 3.8) is 0 Å². The topological polar surface area (TPSA) is 17.1 Å². The van der Waals surface area contributed by atoms with Gasteiger partial charge in [0.15, 0.2) is 0 Å². The van der Waals surface area contributed by atoms with Gasteiger partial charge in [0.2, 0.25) is 0 Å². The lowest BCUT2D eigenvalue weighted by atomic mass is 10.2. The number of carbonyl (C=O) groups is 1. The monoisotopic (exact) mass is 242 g/mol. The number of aldehydes is 1. The first kappa shape index (κ1) is 12.6. The van der Waals surface area contributed by atoms with Crippen molar-refractivity contribution in [2.24, 2.45) is 5.92 Å². The Hall–Kier alpha value is -0.470. The van der Waals surface area contributed by atoms with Crippen molar-refractivity contribution in [2.75, 3.05) is 5.75 Å². The molecule has 1 nitrogen and oxygen atoms in total. The number of benzene rings is 1. The molecule has 1 rings (SSSR count). The second kappa shape index (κ2) is 6.19. The van der Waals surface area contributed by atoms with Gasteiger partial charge in [0.1, 0.15) is 6.29 Å². The molecular formula is C12H15ClOS. The molecule has 0 aliphatic rings. The average molecular weight is 243 g/mol. The normalized spacial score (nSPS) is 12.5. The highest BCUT2D eigenvalue weighted by atomic mass is 35.5. The highest BCUT2D eigenvalue weighted by molar-refractivity contribution is 7.99. The summed E-state index contributed by atoms with van der Waals surface area (Å²) in [6.07, 6.45) is 1.99. The van der Waals surface area contributed by atoms with Crippen molar-refractivity contribution >= 4 is 29.6 Å². The minimum atomic E-state index is 0.632. The number of halogens is 1. The fourth-order valence-electron chi connectivity index (χ4n) is 1.06. The van der Waals surface area contributed by atoms with Crippen LogP contribution in [0.2, 0.25) is 5.02 Å². The third kappa shape index (κ3) is 3.88. The van der Waals surface area contributed by atoms with Gasteiger partial charge in [0.05, 0.1) is 5.02 Å². The Morgan fingerprint density at radius 3 is 2.80 bits per heavy atom. The lowest BCUT2D eigenvalue weighted by molar-refractivity contribution is 0.112. The summed E-state index contributed by atoms with van der Waals surface area (Å²) < 4.78 is 0. The van der Waals surface area contributed by atoms with Gasteiger partial charge >= 0.3 is 0 Å². The first-order valence-electron chi connectivity index (χ1n) is 5.05. The van der Waals surface area contributed by atoms with Crippen LogP contribution in [0.1, 0.15) is 30.6 Å². The lowest BCUT2D eigenvalue weighted by Gasteiger charge is -2.09. The van der Waals surface area contributed by atoms with Crippen LogP contribution in [-0.2, 0) is 0 Å². The summed E-state index contributed by atoms with van der Waals surface area (Å²) in [5, 5.41) is 0.674. The largest absolute Gasteiger partial charge is 0.298 e. The minimum absolute atomic E-state index is 0.632. The van der Waals surface area contributed by atoms with Crippen molar-refractivity contribution < 1.29 is 4.79 Å². The molecule has 15 heavy (non-hydrogen) atoms. The molecule has 0 saturated carbocycles. The van der Waals surface area contributed by atoms with Gasteiger partial charge in [-0.25, -0.2) is 0 Å². The second-order valence-electron chi connectivity index (χ2n) is 3.63. The van der Waals surface area contributed by atoms with E-state index >= 15 is 0 Å². The first-order chi connectivity index (χ1) is 7.17. The molecule has 0 aliphatic carbocycles. The quantitative estimate of drug-likeness (QED) is 0.566. The average Bonchev–Trinajstić information content (AvgIpc) is 2.26. The smallest absolute Gasteiger partial charge is 0.150 e. The predicted molar refractivity (Wildman–Crippen MR) is 67.0 cm³/mol. The van der Waals surface area contributed by atoms with Crippen molar-refractivity contribution in [2.45, 2.75) is 25.2 Å². The molecule has 1 atom stereocenters. The van der Waals surface area contributed by atoms with Crippen molar-refractivity contribution in [3.05, 3.63) is 28.8 Å². The zero-order valence-corrected chi connectivity index (χ0v) is 10.6. The van der Waals surface area contributed by atoms with Crippen LogP contribution in [0.15, 0.2) is 23.1 Å².